The van der Waals surface area contributed by atoms with Crippen LogP contribution in [0.15, 0.2) is 46.8 Å². The van der Waals surface area contributed by atoms with Gasteiger partial charge in [0.05, 0.1) is 12.2 Å². The number of rotatable bonds is 2. The zero-order chi connectivity index (χ0) is 12.4. The Balaban J connectivity index is 2.05. The van der Waals surface area contributed by atoms with Gasteiger partial charge in [-0.2, -0.15) is 0 Å². The first-order valence-corrected chi connectivity index (χ1v) is 6.91. The molecule has 0 saturated heterocycles. The molecule has 2 heterocycles. The minimum atomic E-state index is 0.850. The largest absolute Gasteiger partial charge is 0.354 e. The molecule has 4 heteroatoms. The van der Waals surface area contributed by atoms with E-state index < -0.39 is 0 Å². The van der Waals surface area contributed by atoms with Crippen molar-refractivity contribution in [2.24, 2.45) is 4.99 Å². The summed E-state index contributed by atoms with van der Waals surface area (Å²) in [6, 6.07) is 12.7. The summed E-state index contributed by atoms with van der Waals surface area (Å²) >= 11 is 1.72. The lowest BCUT2D eigenvalue weighted by Crippen LogP contribution is -2.34. The molecule has 1 aromatic heterocycles. The van der Waals surface area contributed by atoms with Crippen molar-refractivity contribution in [2.75, 3.05) is 18.0 Å². The van der Waals surface area contributed by atoms with Gasteiger partial charge in [0.2, 0.25) is 5.96 Å². The quantitative estimate of drug-likeness (QED) is 0.895. The molecular weight excluding hydrogens is 242 g/mol. The van der Waals surface area contributed by atoms with E-state index in [0.29, 0.717) is 0 Å². The molecule has 0 fully saturated rings. The standard InChI is InChI=1S/C14H15N3S/c1-11-4-2-5-12(10-11)17(13-6-3-9-18-13)14-15-7-8-16-14/h2-6,9-10H,7-8H2,1H3,(H,15,16). The first-order valence-electron chi connectivity index (χ1n) is 6.03. The van der Waals surface area contributed by atoms with Crippen molar-refractivity contribution < 1.29 is 0 Å². The lowest BCUT2D eigenvalue weighted by molar-refractivity contribution is 0.954. The van der Waals surface area contributed by atoms with E-state index in [0.717, 1.165) is 24.7 Å². The third-order valence-corrected chi connectivity index (χ3v) is 3.71. The maximum atomic E-state index is 4.54. The van der Waals surface area contributed by atoms with Crippen molar-refractivity contribution in [1.82, 2.24) is 5.32 Å². The molecule has 1 aliphatic rings. The molecule has 0 saturated carbocycles. The predicted octanol–water partition coefficient (Wildman–Crippen LogP) is 3.15. The van der Waals surface area contributed by atoms with Crippen LogP contribution in [0.5, 0.6) is 0 Å². The number of thiophene rings is 1. The molecule has 3 rings (SSSR count). The Labute approximate surface area is 111 Å². The van der Waals surface area contributed by atoms with Gasteiger partial charge in [-0.15, -0.1) is 11.3 Å². The van der Waals surface area contributed by atoms with Crippen molar-refractivity contribution in [3.05, 3.63) is 47.3 Å². The zero-order valence-corrected chi connectivity index (χ0v) is 11.1. The number of hydrogen-bond acceptors (Lipinski definition) is 4. The van der Waals surface area contributed by atoms with Crippen molar-refractivity contribution in [3.63, 3.8) is 0 Å². The highest BCUT2D eigenvalue weighted by Crippen LogP contribution is 2.30. The Morgan fingerprint density at radius 3 is 2.89 bits per heavy atom. The highest BCUT2D eigenvalue weighted by atomic mass is 32.1. The SMILES string of the molecule is Cc1cccc(N(C2=NCCN2)c2cccs2)c1. The van der Waals surface area contributed by atoms with E-state index in [1.165, 1.54) is 10.6 Å². The Kier molecular flexibility index (Phi) is 3.02. The Morgan fingerprint density at radius 2 is 2.22 bits per heavy atom. The molecular formula is C14H15N3S. The van der Waals surface area contributed by atoms with Crippen molar-refractivity contribution >= 4 is 28.0 Å². The van der Waals surface area contributed by atoms with E-state index in [2.05, 4.69) is 63.9 Å². The van der Waals surface area contributed by atoms with Crippen LogP contribution in [0.25, 0.3) is 0 Å². The van der Waals surface area contributed by atoms with Crippen LogP contribution in [0.4, 0.5) is 10.7 Å². The number of nitrogens with zero attached hydrogens (tertiary/aromatic N) is 2. The molecule has 1 aromatic carbocycles. The topological polar surface area (TPSA) is 27.6 Å². The van der Waals surface area contributed by atoms with Crippen molar-refractivity contribution in [3.8, 4) is 0 Å². The second-order valence-corrected chi connectivity index (χ2v) is 5.18. The average molecular weight is 257 g/mol. The van der Waals surface area contributed by atoms with Gasteiger partial charge in [-0.1, -0.05) is 12.1 Å². The molecule has 0 spiro atoms. The number of nitrogens with one attached hydrogen (secondary N) is 1. The van der Waals surface area contributed by atoms with Gasteiger partial charge < -0.3 is 5.32 Å². The summed E-state index contributed by atoms with van der Waals surface area (Å²) in [7, 11) is 0. The number of hydrogen-bond donors (Lipinski definition) is 1. The summed E-state index contributed by atoms with van der Waals surface area (Å²) in [6.45, 7) is 3.88. The minimum Gasteiger partial charge on any atom is -0.354 e. The third kappa shape index (κ3) is 2.11. The molecule has 2 aromatic rings. The number of guanidine groups is 1. The fourth-order valence-electron chi connectivity index (χ4n) is 2.05. The summed E-state index contributed by atoms with van der Waals surface area (Å²) in [6.07, 6.45) is 0. The fourth-order valence-corrected chi connectivity index (χ4v) is 2.80. The van der Waals surface area contributed by atoms with Crippen LogP contribution < -0.4 is 10.2 Å². The van der Waals surface area contributed by atoms with Crippen LogP contribution in [-0.4, -0.2) is 19.0 Å². The molecule has 92 valence electrons. The molecule has 0 amide bonds. The monoisotopic (exact) mass is 257 g/mol. The van der Waals surface area contributed by atoms with Crippen LogP contribution >= 0.6 is 11.3 Å². The van der Waals surface area contributed by atoms with Gasteiger partial charge in [0.1, 0.15) is 5.00 Å². The Bertz CT molecular complexity index is 560. The lowest BCUT2D eigenvalue weighted by atomic mass is 10.2. The summed E-state index contributed by atoms with van der Waals surface area (Å²) in [5, 5.41) is 6.63. The van der Waals surface area contributed by atoms with E-state index >= 15 is 0 Å². The van der Waals surface area contributed by atoms with Crippen LogP contribution in [0.1, 0.15) is 5.56 Å². The minimum absolute atomic E-state index is 0.850. The maximum absolute atomic E-state index is 4.54. The van der Waals surface area contributed by atoms with Crippen molar-refractivity contribution in [1.29, 1.82) is 0 Å². The third-order valence-electron chi connectivity index (χ3n) is 2.85. The highest BCUT2D eigenvalue weighted by molar-refractivity contribution is 7.14. The van der Waals surface area contributed by atoms with Gasteiger partial charge in [0.25, 0.3) is 0 Å². The lowest BCUT2D eigenvalue weighted by Gasteiger charge is -2.23. The summed E-state index contributed by atoms with van der Waals surface area (Å²) < 4.78 is 0. The summed E-state index contributed by atoms with van der Waals surface area (Å²) in [5.41, 5.74) is 2.42. The van der Waals surface area contributed by atoms with Crippen LogP contribution in [0.2, 0.25) is 0 Å². The van der Waals surface area contributed by atoms with Crippen LogP contribution in [0.3, 0.4) is 0 Å². The smallest absolute Gasteiger partial charge is 0.203 e. The van der Waals surface area contributed by atoms with Gasteiger partial charge in [0, 0.05) is 6.54 Å². The van der Waals surface area contributed by atoms with Gasteiger partial charge in [-0.05, 0) is 42.1 Å². The molecule has 1 aliphatic heterocycles. The van der Waals surface area contributed by atoms with E-state index in [4.69, 9.17) is 0 Å². The van der Waals surface area contributed by atoms with Crippen molar-refractivity contribution in [2.45, 2.75) is 6.92 Å². The molecule has 1 N–H and O–H groups in total. The Hall–Kier alpha value is -1.81. The predicted molar refractivity (Wildman–Crippen MR) is 77.9 cm³/mol. The second kappa shape index (κ2) is 4.82. The zero-order valence-electron chi connectivity index (χ0n) is 10.3. The molecule has 0 aliphatic carbocycles. The first kappa shape index (κ1) is 11.3. The molecule has 0 atom stereocenters. The van der Waals surface area contributed by atoms with E-state index in [1.54, 1.807) is 11.3 Å². The average Bonchev–Trinajstić information content (AvgIpc) is 3.02. The van der Waals surface area contributed by atoms with Gasteiger partial charge in [0.15, 0.2) is 0 Å². The van der Waals surface area contributed by atoms with E-state index in [9.17, 15) is 0 Å². The Morgan fingerprint density at radius 1 is 1.28 bits per heavy atom. The van der Waals surface area contributed by atoms with Gasteiger partial charge in [-0.25, -0.2) is 0 Å². The fraction of sp³-hybridized carbons (Fsp3) is 0.214. The number of aryl methyl sites for hydroxylation is 1. The number of anilines is 2. The first-order chi connectivity index (χ1) is 8.84. The van der Waals surface area contributed by atoms with Gasteiger partial charge >= 0.3 is 0 Å². The summed E-state index contributed by atoms with van der Waals surface area (Å²) in [5.74, 6) is 0.947. The normalized spacial score (nSPS) is 14.2. The number of aliphatic imine (C=N–C) groups is 1. The van der Waals surface area contributed by atoms with Crippen LogP contribution in [-0.2, 0) is 0 Å². The van der Waals surface area contributed by atoms with Crippen LogP contribution in [0, 0.1) is 6.92 Å². The van der Waals surface area contributed by atoms with E-state index in [-0.39, 0.29) is 0 Å². The second-order valence-electron chi connectivity index (χ2n) is 4.26. The summed E-state index contributed by atoms with van der Waals surface area (Å²) in [4.78, 5) is 6.72. The highest BCUT2D eigenvalue weighted by Gasteiger charge is 2.19. The van der Waals surface area contributed by atoms with Gasteiger partial charge in [-0.3, -0.25) is 9.89 Å². The molecule has 0 bridgehead atoms. The molecule has 18 heavy (non-hydrogen) atoms. The molecule has 3 nitrogen and oxygen atoms in total. The molecule has 0 unspecified atom stereocenters. The van der Waals surface area contributed by atoms with E-state index in [1.807, 2.05) is 0 Å². The number of benzene rings is 1. The molecule has 0 radical (unpaired) electrons. The maximum Gasteiger partial charge on any atom is 0.203 e.